The number of nitriles is 1. The normalized spacial score (nSPS) is 17.1. The van der Waals surface area contributed by atoms with E-state index in [0.29, 0.717) is 6.42 Å². The highest BCUT2D eigenvalue weighted by Crippen LogP contribution is 2.08. The molecular formula is C12H21N3O. The van der Waals surface area contributed by atoms with Crippen LogP contribution in [0.15, 0.2) is 0 Å². The van der Waals surface area contributed by atoms with Crippen LogP contribution in [-0.4, -0.2) is 36.5 Å². The minimum atomic E-state index is -0.0832. The molecule has 1 N–H and O–H groups in total. The van der Waals surface area contributed by atoms with Gasteiger partial charge in [-0.3, -0.25) is 4.79 Å². The summed E-state index contributed by atoms with van der Waals surface area (Å²) < 4.78 is 0. The van der Waals surface area contributed by atoms with E-state index >= 15 is 0 Å². The van der Waals surface area contributed by atoms with Crippen LogP contribution in [0, 0.1) is 11.3 Å². The number of carbonyl (C=O) groups is 1. The molecule has 1 amide bonds. The number of likely N-dealkylation sites (tertiary alicyclic amines) is 1. The predicted octanol–water partition coefficient (Wildman–Crippen LogP) is 1.28. The Bertz CT molecular complexity index is 253. The molecule has 90 valence electrons. The van der Waals surface area contributed by atoms with Gasteiger partial charge >= 0.3 is 0 Å². The SMILES string of the molecule is CC(NCCCCC#N)C(=O)N1CCCC1. The van der Waals surface area contributed by atoms with Gasteiger partial charge in [-0.25, -0.2) is 0 Å². The summed E-state index contributed by atoms with van der Waals surface area (Å²) in [5.74, 6) is 0.220. The third-order valence-electron chi connectivity index (χ3n) is 2.95. The van der Waals surface area contributed by atoms with Crippen LogP contribution >= 0.6 is 0 Å². The zero-order chi connectivity index (χ0) is 11.8. The summed E-state index contributed by atoms with van der Waals surface area (Å²) in [7, 11) is 0. The zero-order valence-corrected chi connectivity index (χ0v) is 10.0. The molecule has 1 aliphatic heterocycles. The number of nitrogens with zero attached hydrogens (tertiary/aromatic N) is 2. The number of nitrogens with one attached hydrogen (secondary N) is 1. The molecule has 4 heteroatoms. The second-order valence-corrected chi connectivity index (χ2v) is 4.32. The van der Waals surface area contributed by atoms with Crippen LogP contribution in [0.1, 0.15) is 39.0 Å². The maximum Gasteiger partial charge on any atom is 0.239 e. The molecular weight excluding hydrogens is 202 g/mol. The second kappa shape index (κ2) is 7.24. The van der Waals surface area contributed by atoms with Gasteiger partial charge in [0.05, 0.1) is 12.1 Å². The van der Waals surface area contributed by atoms with E-state index in [4.69, 9.17) is 5.26 Å². The minimum absolute atomic E-state index is 0.0832. The fourth-order valence-electron chi connectivity index (χ4n) is 1.95. The number of carbonyl (C=O) groups excluding carboxylic acids is 1. The molecule has 1 aliphatic rings. The molecule has 1 rings (SSSR count). The van der Waals surface area contributed by atoms with Crippen LogP contribution in [0.3, 0.4) is 0 Å². The molecule has 0 spiro atoms. The topological polar surface area (TPSA) is 56.1 Å². The van der Waals surface area contributed by atoms with Crippen molar-refractivity contribution in [3.8, 4) is 6.07 Å². The molecule has 1 unspecified atom stereocenters. The van der Waals surface area contributed by atoms with E-state index in [2.05, 4.69) is 11.4 Å². The Balaban J connectivity index is 2.11. The van der Waals surface area contributed by atoms with Gasteiger partial charge in [0, 0.05) is 19.5 Å². The highest BCUT2D eigenvalue weighted by atomic mass is 16.2. The largest absolute Gasteiger partial charge is 0.341 e. The van der Waals surface area contributed by atoms with E-state index in [9.17, 15) is 4.79 Å². The van der Waals surface area contributed by atoms with Gasteiger partial charge in [-0.1, -0.05) is 0 Å². The Morgan fingerprint density at radius 3 is 2.75 bits per heavy atom. The first-order valence-corrected chi connectivity index (χ1v) is 6.15. The summed E-state index contributed by atoms with van der Waals surface area (Å²) in [6, 6.07) is 2.04. The van der Waals surface area contributed by atoms with Crippen molar-refractivity contribution in [2.75, 3.05) is 19.6 Å². The zero-order valence-electron chi connectivity index (χ0n) is 10.0. The standard InChI is InChI=1S/C12H21N3O/c1-11(14-8-4-2-3-7-13)12(16)15-9-5-6-10-15/h11,14H,2-6,8-10H2,1H3. The summed E-state index contributed by atoms with van der Waals surface area (Å²) in [4.78, 5) is 13.8. The highest BCUT2D eigenvalue weighted by Gasteiger charge is 2.22. The van der Waals surface area contributed by atoms with Crippen molar-refractivity contribution >= 4 is 5.91 Å². The van der Waals surface area contributed by atoms with E-state index in [1.54, 1.807) is 0 Å². The Hall–Kier alpha value is -1.08. The number of unbranched alkanes of at least 4 members (excludes halogenated alkanes) is 2. The van der Waals surface area contributed by atoms with Crippen LogP contribution in [0.25, 0.3) is 0 Å². The quantitative estimate of drug-likeness (QED) is 0.690. The molecule has 0 aromatic rings. The second-order valence-electron chi connectivity index (χ2n) is 4.32. The van der Waals surface area contributed by atoms with Crippen molar-refractivity contribution in [3.63, 3.8) is 0 Å². The Morgan fingerprint density at radius 1 is 1.44 bits per heavy atom. The molecule has 0 bridgehead atoms. The average Bonchev–Trinajstić information content (AvgIpc) is 2.81. The van der Waals surface area contributed by atoms with Crippen LogP contribution < -0.4 is 5.32 Å². The summed E-state index contributed by atoms with van der Waals surface area (Å²) in [6.07, 6.45) is 4.76. The molecule has 4 nitrogen and oxygen atoms in total. The molecule has 1 atom stereocenters. The summed E-state index contributed by atoms with van der Waals surface area (Å²) >= 11 is 0. The lowest BCUT2D eigenvalue weighted by Crippen LogP contribution is -2.43. The average molecular weight is 223 g/mol. The lowest BCUT2D eigenvalue weighted by atomic mass is 10.2. The third-order valence-corrected chi connectivity index (χ3v) is 2.95. The lowest BCUT2D eigenvalue weighted by Gasteiger charge is -2.21. The van der Waals surface area contributed by atoms with Gasteiger partial charge in [-0.05, 0) is 39.2 Å². The van der Waals surface area contributed by atoms with Crippen LogP contribution in [0.2, 0.25) is 0 Å². The van der Waals surface area contributed by atoms with Crippen LogP contribution in [0.4, 0.5) is 0 Å². The fraction of sp³-hybridized carbons (Fsp3) is 0.833. The van der Waals surface area contributed by atoms with Gasteiger partial charge in [0.15, 0.2) is 0 Å². The van der Waals surface area contributed by atoms with Gasteiger partial charge in [0.1, 0.15) is 0 Å². The highest BCUT2D eigenvalue weighted by molar-refractivity contribution is 5.81. The first-order valence-electron chi connectivity index (χ1n) is 6.15. The van der Waals surface area contributed by atoms with Crippen molar-refractivity contribution in [3.05, 3.63) is 0 Å². The van der Waals surface area contributed by atoms with Crippen molar-refractivity contribution in [1.82, 2.24) is 10.2 Å². The van der Waals surface area contributed by atoms with Crippen LogP contribution in [-0.2, 0) is 4.79 Å². The summed E-state index contributed by atoms with van der Waals surface area (Å²) in [5, 5.41) is 11.6. The molecule has 0 radical (unpaired) electrons. The smallest absolute Gasteiger partial charge is 0.239 e. The maximum atomic E-state index is 11.9. The van der Waals surface area contributed by atoms with Crippen molar-refractivity contribution in [2.24, 2.45) is 0 Å². The number of hydrogen-bond acceptors (Lipinski definition) is 3. The number of rotatable bonds is 6. The van der Waals surface area contributed by atoms with Crippen LogP contribution in [0.5, 0.6) is 0 Å². The predicted molar refractivity (Wildman–Crippen MR) is 62.7 cm³/mol. The van der Waals surface area contributed by atoms with Gasteiger partial charge in [-0.15, -0.1) is 0 Å². The molecule has 0 saturated carbocycles. The molecule has 0 aromatic heterocycles. The van der Waals surface area contributed by atoms with E-state index in [1.807, 2.05) is 11.8 Å². The van der Waals surface area contributed by atoms with E-state index in [1.165, 1.54) is 0 Å². The van der Waals surface area contributed by atoms with Gasteiger partial charge in [0.25, 0.3) is 0 Å². The Morgan fingerprint density at radius 2 is 2.12 bits per heavy atom. The Kier molecular flexibility index (Phi) is 5.87. The molecule has 1 heterocycles. The van der Waals surface area contributed by atoms with Gasteiger partial charge in [0.2, 0.25) is 5.91 Å². The monoisotopic (exact) mass is 223 g/mol. The Labute approximate surface area is 97.6 Å². The first-order chi connectivity index (χ1) is 7.75. The first kappa shape index (κ1) is 13.0. The molecule has 1 saturated heterocycles. The number of amides is 1. The van der Waals surface area contributed by atoms with Gasteiger partial charge in [-0.2, -0.15) is 5.26 Å². The lowest BCUT2D eigenvalue weighted by molar-refractivity contribution is -0.131. The van der Waals surface area contributed by atoms with E-state index in [0.717, 1.165) is 45.3 Å². The molecule has 0 aromatic carbocycles. The van der Waals surface area contributed by atoms with E-state index < -0.39 is 0 Å². The third kappa shape index (κ3) is 4.19. The van der Waals surface area contributed by atoms with Crippen molar-refractivity contribution in [2.45, 2.75) is 45.1 Å². The summed E-state index contributed by atoms with van der Waals surface area (Å²) in [6.45, 7) is 4.58. The van der Waals surface area contributed by atoms with E-state index in [-0.39, 0.29) is 11.9 Å². The van der Waals surface area contributed by atoms with Crippen molar-refractivity contribution < 1.29 is 4.79 Å². The molecule has 0 aliphatic carbocycles. The summed E-state index contributed by atoms with van der Waals surface area (Å²) in [5.41, 5.74) is 0. The minimum Gasteiger partial charge on any atom is -0.341 e. The molecule has 1 fully saturated rings. The maximum absolute atomic E-state index is 11.9. The van der Waals surface area contributed by atoms with Crippen molar-refractivity contribution in [1.29, 1.82) is 5.26 Å². The number of hydrogen-bond donors (Lipinski definition) is 1. The fourth-order valence-corrected chi connectivity index (χ4v) is 1.95. The molecule has 16 heavy (non-hydrogen) atoms. The van der Waals surface area contributed by atoms with Gasteiger partial charge < -0.3 is 10.2 Å².